The number of fused-ring (bicyclic) bond motifs is 1. The Labute approximate surface area is 156 Å². The molecule has 0 aliphatic carbocycles. The van der Waals surface area contributed by atoms with Gasteiger partial charge in [-0.25, -0.2) is 4.79 Å². The summed E-state index contributed by atoms with van der Waals surface area (Å²) >= 11 is 6.01. The van der Waals surface area contributed by atoms with Crippen LogP contribution in [-0.2, 0) is 24.3 Å². The van der Waals surface area contributed by atoms with Crippen LogP contribution in [-0.4, -0.2) is 21.2 Å². The number of benzene rings is 2. The van der Waals surface area contributed by atoms with E-state index in [4.69, 9.17) is 16.3 Å². The first-order valence-electron chi connectivity index (χ1n) is 8.44. The first kappa shape index (κ1) is 16.7. The first-order valence-corrected chi connectivity index (χ1v) is 8.82. The number of aromatic nitrogens is 2. The lowest BCUT2D eigenvalue weighted by molar-refractivity contribution is 0.0727. The SMILES string of the molecule is O=C(OCc1ccccc1)N1Cc2cn[nH]c2CC1c1ccc(Cl)cc1. The van der Waals surface area contributed by atoms with Crippen molar-refractivity contribution in [2.75, 3.05) is 0 Å². The van der Waals surface area contributed by atoms with Gasteiger partial charge in [0.15, 0.2) is 0 Å². The normalized spacial score (nSPS) is 16.2. The Morgan fingerprint density at radius 1 is 1.19 bits per heavy atom. The van der Waals surface area contributed by atoms with Gasteiger partial charge in [0.25, 0.3) is 0 Å². The van der Waals surface area contributed by atoms with Crippen LogP contribution in [0.15, 0.2) is 60.8 Å². The topological polar surface area (TPSA) is 58.2 Å². The Kier molecular flexibility index (Phi) is 4.63. The fraction of sp³-hybridized carbons (Fsp3) is 0.200. The van der Waals surface area contributed by atoms with Crippen LogP contribution in [0.5, 0.6) is 0 Å². The van der Waals surface area contributed by atoms with Gasteiger partial charge >= 0.3 is 6.09 Å². The molecule has 1 amide bonds. The fourth-order valence-electron chi connectivity index (χ4n) is 3.22. The van der Waals surface area contributed by atoms with Crippen LogP contribution in [0.4, 0.5) is 4.79 Å². The van der Waals surface area contributed by atoms with Gasteiger partial charge in [0.2, 0.25) is 0 Å². The summed E-state index contributed by atoms with van der Waals surface area (Å²) in [6, 6.07) is 17.1. The van der Waals surface area contributed by atoms with Crippen LogP contribution in [0.2, 0.25) is 5.02 Å². The van der Waals surface area contributed by atoms with E-state index in [0.717, 1.165) is 22.4 Å². The van der Waals surface area contributed by atoms with E-state index in [1.807, 2.05) is 54.6 Å². The third-order valence-electron chi connectivity index (χ3n) is 4.62. The minimum atomic E-state index is -0.333. The number of ether oxygens (including phenoxy) is 1. The monoisotopic (exact) mass is 367 g/mol. The molecule has 2 heterocycles. The summed E-state index contributed by atoms with van der Waals surface area (Å²) in [5.74, 6) is 0. The molecule has 0 fully saturated rings. The van der Waals surface area contributed by atoms with Gasteiger partial charge in [0.1, 0.15) is 6.61 Å². The minimum absolute atomic E-state index is 0.122. The molecule has 0 radical (unpaired) electrons. The lowest BCUT2D eigenvalue weighted by atomic mass is 9.95. The van der Waals surface area contributed by atoms with Crippen molar-refractivity contribution in [2.45, 2.75) is 25.6 Å². The molecular formula is C20H18ClN3O2. The maximum absolute atomic E-state index is 12.8. The van der Waals surface area contributed by atoms with Crippen molar-refractivity contribution in [1.82, 2.24) is 15.1 Å². The molecule has 0 saturated heterocycles. The van der Waals surface area contributed by atoms with Gasteiger partial charge in [0, 0.05) is 22.7 Å². The van der Waals surface area contributed by atoms with E-state index < -0.39 is 0 Å². The number of H-pyrrole nitrogens is 1. The number of hydrogen-bond acceptors (Lipinski definition) is 3. The van der Waals surface area contributed by atoms with Crippen LogP contribution >= 0.6 is 11.6 Å². The third kappa shape index (κ3) is 3.44. The molecule has 3 aromatic rings. The molecule has 1 aromatic heterocycles. The average molecular weight is 368 g/mol. The highest BCUT2D eigenvalue weighted by atomic mass is 35.5. The van der Waals surface area contributed by atoms with E-state index in [-0.39, 0.29) is 18.7 Å². The molecule has 2 aromatic carbocycles. The van der Waals surface area contributed by atoms with Crippen molar-refractivity contribution in [3.05, 3.63) is 88.2 Å². The van der Waals surface area contributed by atoms with Crippen LogP contribution < -0.4 is 0 Å². The van der Waals surface area contributed by atoms with Gasteiger partial charge in [-0.15, -0.1) is 0 Å². The second-order valence-electron chi connectivity index (χ2n) is 6.31. The van der Waals surface area contributed by atoms with E-state index in [2.05, 4.69) is 10.2 Å². The summed E-state index contributed by atoms with van der Waals surface area (Å²) in [5.41, 5.74) is 4.06. The lowest BCUT2D eigenvalue weighted by Crippen LogP contribution is -2.39. The van der Waals surface area contributed by atoms with E-state index in [1.165, 1.54) is 0 Å². The smallest absolute Gasteiger partial charge is 0.410 e. The standard InChI is InChI=1S/C20H18ClN3O2/c21-17-8-6-15(7-9-17)19-10-18-16(11-22-23-18)12-24(19)20(25)26-13-14-4-2-1-3-5-14/h1-9,11,19H,10,12-13H2,(H,22,23). The predicted molar refractivity (Wildman–Crippen MR) is 98.7 cm³/mol. The minimum Gasteiger partial charge on any atom is -0.445 e. The van der Waals surface area contributed by atoms with E-state index in [9.17, 15) is 4.79 Å². The number of hydrogen-bond donors (Lipinski definition) is 1. The quantitative estimate of drug-likeness (QED) is 0.741. The fourth-order valence-corrected chi connectivity index (χ4v) is 3.35. The molecule has 4 rings (SSSR count). The highest BCUT2D eigenvalue weighted by molar-refractivity contribution is 6.30. The van der Waals surface area contributed by atoms with Gasteiger partial charge in [0.05, 0.1) is 18.8 Å². The van der Waals surface area contributed by atoms with Crippen LogP contribution in [0.3, 0.4) is 0 Å². The number of carbonyl (C=O) groups is 1. The Morgan fingerprint density at radius 3 is 2.73 bits per heavy atom. The molecule has 1 N–H and O–H groups in total. The van der Waals surface area contributed by atoms with Gasteiger partial charge in [-0.1, -0.05) is 54.1 Å². The predicted octanol–water partition coefficient (Wildman–Crippen LogP) is 4.50. The molecule has 6 heteroatoms. The van der Waals surface area contributed by atoms with Gasteiger partial charge in [-0.05, 0) is 23.3 Å². The zero-order valence-corrected chi connectivity index (χ0v) is 14.8. The summed E-state index contributed by atoms with van der Waals surface area (Å²) in [5, 5.41) is 7.81. The number of carbonyl (C=O) groups excluding carboxylic acids is 1. The number of halogens is 1. The van der Waals surface area contributed by atoms with Crippen LogP contribution in [0.1, 0.15) is 28.4 Å². The van der Waals surface area contributed by atoms with Crippen LogP contribution in [0.25, 0.3) is 0 Å². The van der Waals surface area contributed by atoms with Gasteiger partial charge < -0.3 is 4.74 Å². The molecule has 5 nitrogen and oxygen atoms in total. The molecular weight excluding hydrogens is 350 g/mol. The lowest BCUT2D eigenvalue weighted by Gasteiger charge is -2.34. The zero-order valence-electron chi connectivity index (χ0n) is 14.1. The van der Waals surface area contributed by atoms with Crippen molar-refractivity contribution >= 4 is 17.7 Å². The van der Waals surface area contributed by atoms with Crippen molar-refractivity contribution in [2.24, 2.45) is 0 Å². The maximum atomic E-state index is 12.8. The van der Waals surface area contributed by atoms with Gasteiger partial charge in [-0.2, -0.15) is 5.10 Å². The molecule has 1 atom stereocenters. The number of nitrogens with zero attached hydrogens (tertiary/aromatic N) is 2. The number of rotatable bonds is 3. The Bertz CT molecular complexity index is 893. The summed E-state index contributed by atoms with van der Waals surface area (Å²) < 4.78 is 5.56. The van der Waals surface area contributed by atoms with Crippen molar-refractivity contribution < 1.29 is 9.53 Å². The molecule has 0 spiro atoms. The Hall–Kier alpha value is -2.79. The molecule has 1 aliphatic heterocycles. The van der Waals surface area contributed by atoms with E-state index in [0.29, 0.717) is 18.0 Å². The highest BCUT2D eigenvalue weighted by Crippen LogP contribution is 2.33. The first-order chi connectivity index (χ1) is 12.7. The van der Waals surface area contributed by atoms with Crippen molar-refractivity contribution in [3.8, 4) is 0 Å². The molecule has 1 aliphatic rings. The average Bonchev–Trinajstić information content (AvgIpc) is 3.14. The summed E-state index contributed by atoms with van der Waals surface area (Å²) in [4.78, 5) is 14.6. The zero-order chi connectivity index (χ0) is 17.9. The molecule has 1 unspecified atom stereocenters. The summed E-state index contributed by atoms with van der Waals surface area (Å²) in [7, 11) is 0. The summed E-state index contributed by atoms with van der Waals surface area (Å²) in [6.07, 6.45) is 2.10. The number of aromatic amines is 1. The van der Waals surface area contributed by atoms with E-state index in [1.54, 1.807) is 11.1 Å². The molecule has 132 valence electrons. The molecule has 26 heavy (non-hydrogen) atoms. The molecule has 0 saturated carbocycles. The maximum Gasteiger partial charge on any atom is 0.410 e. The second-order valence-corrected chi connectivity index (χ2v) is 6.75. The Morgan fingerprint density at radius 2 is 1.96 bits per heavy atom. The third-order valence-corrected chi connectivity index (χ3v) is 4.87. The number of amides is 1. The highest BCUT2D eigenvalue weighted by Gasteiger charge is 2.33. The largest absolute Gasteiger partial charge is 0.445 e. The van der Waals surface area contributed by atoms with E-state index >= 15 is 0 Å². The van der Waals surface area contributed by atoms with Gasteiger partial charge in [-0.3, -0.25) is 10.00 Å². The molecule has 0 bridgehead atoms. The van der Waals surface area contributed by atoms with Crippen LogP contribution in [0, 0.1) is 0 Å². The van der Waals surface area contributed by atoms with Crippen molar-refractivity contribution in [3.63, 3.8) is 0 Å². The summed E-state index contributed by atoms with van der Waals surface area (Å²) in [6.45, 7) is 0.717. The number of nitrogens with one attached hydrogen (secondary N) is 1. The Balaban J connectivity index is 1.56. The second kappa shape index (κ2) is 7.22. The van der Waals surface area contributed by atoms with Crippen molar-refractivity contribution in [1.29, 1.82) is 0 Å².